The van der Waals surface area contributed by atoms with Crippen LogP contribution in [0.15, 0.2) is 35.1 Å². The normalized spacial score (nSPS) is 13.5. The van der Waals surface area contributed by atoms with E-state index in [2.05, 4.69) is 25.9 Å². The molecule has 8 heteroatoms. The van der Waals surface area contributed by atoms with Gasteiger partial charge in [-0.2, -0.15) is 0 Å². The second kappa shape index (κ2) is 8.79. The summed E-state index contributed by atoms with van der Waals surface area (Å²) in [4.78, 5) is 23.1. The number of carbonyl (C=O) groups is 1. The minimum absolute atomic E-state index is 0.254. The van der Waals surface area contributed by atoms with Gasteiger partial charge in [0.2, 0.25) is 5.88 Å². The Labute approximate surface area is 165 Å². The van der Waals surface area contributed by atoms with Crippen LogP contribution >= 0.6 is 27.5 Å². The molecular formula is C18H19BrClN3O3. The fourth-order valence-electron chi connectivity index (χ4n) is 2.34. The van der Waals surface area contributed by atoms with Crippen molar-refractivity contribution in [3.8, 4) is 5.88 Å². The van der Waals surface area contributed by atoms with Crippen molar-refractivity contribution >= 4 is 39.3 Å². The smallest absolute Gasteiger partial charge is 0.261 e. The van der Waals surface area contributed by atoms with Gasteiger partial charge < -0.3 is 9.47 Å². The molecule has 1 fully saturated rings. The molecule has 0 N–H and O–H groups in total. The average molecular weight is 441 g/mol. The van der Waals surface area contributed by atoms with Gasteiger partial charge in [-0.05, 0) is 52.9 Å². The van der Waals surface area contributed by atoms with Crippen molar-refractivity contribution < 1.29 is 14.3 Å². The van der Waals surface area contributed by atoms with Crippen LogP contribution in [0.3, 0.4) is 0 Å². The van der Waals surface area contributed by atoms with Gasteiger partial charge in [0.25, 0.3) is 5.91 Å². The lowest BCUT2D eigenvalue weighted by Gasteiger charge is -2.21. The number of pyridine rings is 2. The summed E-state index contributed by atoms with van der Waals surface area (Å²) >= 11 is 9.58. The summed E-state index contributed by atoms with van der Waals surface area (Å²) in [5.74, 6) is 1.22. The third-order valence-corrected chi connectivity index (χ3v) is 4.66. The maximum Gasteiger partial charge on any atom is 0.261 e. The van der Waals surface area contributed by atoms with Crippen LogP contribution in [-0.2, 0) is 4.74 Å². The van der Waals surface area contributed by atoms with Crippen LogP contribution in [0.4, 0.5) is 5.82 Å². The standard InChI is InChI=1S/C18H19BrClN3O3/c1-25-8-7-23(16-4-2-3-15(19)22-16)18(24)13-9-14(20)17(21-10-13)26-11-12-5-6-12/h2-4,9-10,12H,5-8,11H2,1H3. The van der Waals surface area contributed by atoms with E-state index in [0.717, 1.165) is 0 Å². The molecule has 0 saturated heterocycles. The number of hydrogen-bond donors (Lipinski definition) is 0. The van der Waals surface area contributed by atoms with E-state index in [0.29, 0.717) is 52.6 Å². The molecule has 0 aliphatic heterocycles. The molecule has 0 unspecified atom stereocenters. The Morgan fingerprint density at radius 3 is 2.88 bits per heavy atom. The lowest BCUT2D eigenvalue weighted by Crippen LogP contribution is -2.34. The zero-order chi connectivity index (χ0) is 18.5. The topological polar surface area (TPSA) is 64.5 Å². The molecule has 1 aliphatic rings. The van der Waals surface area contributed by atoms with Gasteiger partial charge in [-0.25, -0.2) is 9.97 Å². The van der Waals surface area contributed by atoms with Crippen LogP contribution in [0.25, 0.3) is 0 Å². The maximum absolute atomic E-state index is 13.0. The highest BCUT2D eigenvalue weighted by atomic mass is 79.9. The highest BCUT2D eigenvalue weighted by Crippen LogP contribution is 2.31. The first-order valence-corrected chi connectivity index (χ1v) is 9.47. The fourth-order valence-corrected chi connectivity index (χ4v) is 2.89. The van der Waals surface area contributed by atoms with E-state index in [1.807, 2.05) is 6.07 Å². The number of carbonyl (C=O) groups excluding carboxylic acids is 1. The average Bonchev–Trinajstić information content (AvgIpc) is 3.45. The molecular weight excluding hydrogens is 422 g/mol. The summed E-state index contributed by atoms with van der Waals surface area (Å²) in [6.07, 6.45) is 3.85. The number of anilines is 1. The largest absolute Gasteiger partial charge is 0.476 e. The first-order chi connectivity index (χ1) is 12.6. The zero-order valence-electron chi connectivity index (χ0n) is 14.3. The van der Waals surface area contributed by atoms with Crippen molar-refractivity contribution in [3.63, 3.8) is 0 Å². The van der Waals surface area contributed by atoms with Gasteiger partial charge in [-0.15, -0.1) is 0 Å². The van der Waals surface area contributed by atoms with E-state index in [1.54, 1.807) is 25.3 Å². The van der Waals surface area contributed by atoms with Crippen LogP contribution in [0.1, 0.15) is 23.2 Å². The molecule has 1 saturated carbocycles. The van der Waals surface area contributed by atoms with Crippen molar-refractivity contribution in [3.05, 3.63) is 45.7 Å². The lowest BCUT2D eigenvalue weighted by atomic mass is 10.2. The van der Waals surface area contributed by atoms with Gasteiger partial charge in [0.05, 0.1) is 25.3 Å². The van der Waals surface area contributed by atoms with Crippen LogP contribution in [-0.4, -0.2) is 42.7 Å². The number of ether oxygens (including phenoxy) is 2. The van der Waals surface area contributed by atoms with Gasteiger partial charge in [0.15, 0.2) is 0 Å². The van der Waals surface area contributed by atoms with E-state index in [1.165, 1.54) is 23.9 Å². The molecule has 6 nitrogen and oxygen atoms in total. The highest BCUT2D eigenvalue weighted by molar-refractivity contribution is 9.10. The minimum atomic E-state index is -0.254. The molecule has 2 aromatic heterocycles. The van der Waals surface area contributed by atoms with Crippen molar-refractivity contribution in [2.45, 2.75) is 12.8 Å². The van der Waals surface area contributed by atoms with Crippen LogP contribution in [0, 0.1) is 5.92 Å². The quantitative estimate of drug-likeness (QED) is 0.581. The molecule has 0 aromatic carbocycles. The Morgan fingerprint density at radius 2 is 2.23 bits per heavy atom. The summed E-state index contributed by atoms with van der Waals surface area (Å²) in [5, 5.41) is 0.324. The number of hydrogen-bond acceptors (Lipinski definition) is 5. The number of aromatic nitrogens is 2. The van der Waals surface area contributed by atoms with Crippen molar-refractivity contribution in [2.24, 2.45) is 5.92 Å². The van der Waals surface area contributed by atoms with Gasteiger partial charge in [0.1, 0.15) is 15.4 Å². The Kier molecular flexibility index (Phi) is 6.45. The Hall–Kier alpha value is -1.70. The molecule has 1 aliphatic carbocycles. The molecule has 26 heavy (non-hydrogen) atoms. The van der Waals surface area contributed by atoms with Gasteiger partial charge >= 0.3 is 0 Å². The second-order valence-corrected chi connectivity index (χ2v) is 7.25. The van der Waals surface area contributed by atoms with Gasteiger partial charge in [-0.3, -0.25) is 9.69 Å². The number of nitrogens with zero attached hydrogens (tertiary/aromatic N) is 3. The third-order valence-electron chi connectivity index (χ3n) is 3.95. The highest BCUT2D eigenvalue weighted by Gasteiger charge is 2.24. The SMILES string of the molecule is COCCN(C(=O)c1cnc(OCC2CC2)c(Cl)c1)c1cccc(Br)n1. The van der Waals surface area contributed by atoms with Gasteiger partial charge in [-0.1, -0.05) is 17.7 Å². The third kappa shape index (κ3) is 4.93. The summed E-state index contributed by atoms with van der Waals surface area (Å²) in [6, 6.07) is 6.96. The van der Waals surface area contributed by atoms with Crippen LogP contribution in [0.2, 0.25) is 5.02 Å². The van der Waals surface area contributed by atoms with E-state index in [9.17, 15) is 4.79 Å². The summed E-state index contributed by atoms with van der Waals surface area (Å²) < 4.78 is 11.4. The van der Waals surface area contributed by atoms with Crippen LogP contribution in [0.5, 0.6) is 5.88 Å². The van der Waals surface area contributed by atoms with E-state index >= 15 is 0 Å². The van der Waals surface area contributed by atoms with Crippen LogP contribution < -0.4 is 9.64 Å². The summed E-state index contributed by atoms with van der Waals surface area (Å²) in [5.41, 5.74) is 0.367. The number of amides is 1. The molecule has 0 bridgehead atoms. The monoisotopic (exact) mass is 439 g/mol. The van der Waals surface area contributed by atoms with Gasteiger partial charge in [0, 0.05) is 13.3 Å². The first-order valence-electron chi connectivity index (χ1n) is 8.30. The fraction of sp³-hybridized carbons (Fsp3) is 0.389. The van der Waals surface area contributed by atoms with Crippen molar-refractivity contribution in [1.82, 2.24) is 9.97 Å². The number of methoxy groups -OCH3 is 1. The molecule has 3 rings (SSSR count). The molecule has 138 valence electrons. The molecule has 0 spiro atoms. The predicted molar refractivity (Wildman–Crippen MR) is 103 cm³/mol. The zero-order valence-corrected chi connectivity index (χ0v) is 16.7. The van der Waals surface area contributed by atoms with Crippen molar-refractivity contribution in [1.29, 1.82) is 0 Å². The number of halogens is 2. The van der Waals surface area contributed by atoms with E-state index in [4.69, 9.17) is 21.1 Å². The number of rotatable bonds is 8. The summed E-state index contributed by atoms with van der Waals surface area (Å²) in [6.45, 7) is 1.35. The molecule has 0 radical (unpaired) electrons. The molecule has 2 aromatic rings. The Balaban J connectivity index is 1.79. The second-order valence-electron chi connectivity index (χ2n) is 6.03. The molecule has 1 amide bonds. The van der Waals surface area contributed by atoms with Crippen molar-refractivity contribution in [2.75, 3.05) is 31.8 Å². The first kappa shape index (κ1) is 19.1. The molecule has 0 atom stereocenters. The Morgan fingerprint density at radius 1 is 1.42 bits per heavy atom. The maximum atomic E-state index is 13.0. The minimum Gasteiger partial charge on any atom is -0.476 e. The Bertz CT molecular complexity index is 786. The van der Waals surface area contributed by atoms with E-state index in [-0.39, 0.29) is 5.91 Å². The van der Waals surface area contributed by atoms with E-state index < -0.39 is 0 Å². The lowest BCUT2D eigenvalue weighted by molar-refractivity contribution is 0.0974. The predicted octanol–water partition coefficient (Wildman–Crippen LogP) is 3.97. The summed E-state index contributed by atoms with van der Waals surface area (Å²) in [7, 11) is 1.58. The molecule has 2 heterocycles.